The fourth-order valence-corrected chi connectivity index (χ4v) is 0.716. The van der Waals surface area contributed by atoms with Gasteiger partial charge in [0.05, 0.1) is 0 Å². The normalized spacial score (nSPS) is 12.3. The molecule has 0 aromatic rings. The summed E-state index contributed by atoms with van der Waals surface area (Å²) in [5, 5.41) is -6.31. The van der Waals surface area contributed by atoms with E-state index >= 15 is 0 Å². The first-order chi connectivity index (χ1) is 7.18. The van der Waals surface area contributed by atoms with Crippen molar-refractivity contribution in [3.8, 4) is 0 Å². The van der Waals surface area contributed by atoms with Gasteiger partial charge in [-0.3, -0.25) is 0 Å². The zero-order valence-electron chi connectivity index (χ0n) is 8.44. The van der Waals surface area contributed by atoms with Gasteiger partial charge in [0.2, 0.25) is 0 Å². The Kier molecular flexibility index (Phi) is 9.28. The van der Waals surface area contributed by atoms with Crippen LogP contribution in [0.5, 0.6) is 0 Å². The number of hydrogen-bond acceptors (Lipinski definition) is 3. The van der Waals surface area contributed by atoms with Gasteiger partial charge >= 0.3 is 36.5 Å². The van der Waals surface area contributed by atoms with Crippen molar-refractivity contribution >= 4 is 10.1 Å². The molecule has 0 fully saturated rings. The van der Waals surface area contributed by atoms with Crippen molar-refractivity contribution in [2.24, 2.45) is 0 Å². The van der Waals surface area contributed by atoms with Crippen LogP contribution in [0.2, 0.25) is 0 Å². The van der Waals surface area contributed by atoms with Crippen LogP contribution >= 0.6 is 0 Å². The van der Waals surface area contributed by atoms with Gasteiger partial charge in [0.15, 0.2) is 10.1 Å². The van der Waals surface area contributed by atoms with Crippen molar-refractivity contribution < 1.29 is 67.0 Å². The van der Waals surface area contributed by atoms with Gasteiger partial charge in [0, 0.05) is 0 Å². The summed E-state index contributed by atoms with van der Waals surface area (Å²) in [6, 6.07) is 0. The fraction of sp³-hybridized carbons (Fsp3) is 0.600. The second-order valence-electron chi connectivity index (χ2n) is 2.23. The molecule has 0 saturated heterocycles. The molecule has 0 radical (unpaired) electrons. The molecule has 3 nitrogen and oxygen atoms in total. The number of alkyl halides is 6. The van der Waals surface area contributed by atoms with E-state index in [4.69, 9.17) is 0 Å². The predicted molar refractivity (Wildman–Crippen MR) is 37.0 cm³/mol. The maximum absolute atomic E-state index is 11.8. The van der Waals surface area contributed by atoms with Crippen LogP contribution in [0.4, 0.5) is 35.1 Å². The van der Waals surface area contributed by atoms with Crippen LogP contribution in [0.1, 0.15) is 0 Å². The zero-order chi connectivity index (χ0) is 14.7. The predicted octanol–water partition coefficient (Wildman–Crippen LogP) is -0.575. The topological polar surface area (TPSA) is 57.2 Å². The summed E-state index contributed by atoms with van der Waals surface area (Å²) in [6.45, 7) is 2.22. The van der Waals surface area contributed by atoms with Gasteiger partial charge in [-0.2, -0.15) is 26.3 Å². The Labute approximate surface area is 108 Å². The van der Waals surface area contributed by atoms with Crippen LogP contribution in [0.15, 0.2) is 12.7 Å². The van der Waals surface area contributed by atoms with E-state index in [1.807, 2.05) is 0 Å². The van der Waals surface area contributed by atoms with E-state index in [1.54, 1.807) is 0 Å². The first-order valence-corrected chi connectivity index (χ1v) is 4.57. The van der Waals surface area contributed by atoms with Crippen LogP contribution < -0.4 is 18.9 Å². The van der Waals surface area contributed by atoms with E-state index in [9.17, 15) is 48.1 Å². The van der Waals surface area contributed by atoms with Gasteiger partial charge in [-0.15, -0.1) is 0 Å². The molecule has 0 aromatic heterocycles. The zero-order valence-corrected chi connectivity index (χ0v) is 9.26. The Hall–Kier alpha value is -0.313. The van der Waals surface area contributed by atoms with E-state index in [-0.39, 0.29) is 18.9 Å². The van der Waals surface area contributed by atoms with Crippen molar-refractivity contribution in [2.75, 3.05) is 0 Å². The largest absolute Gasteiger partial charge is 1.00 e. The molecule has 0 unspecified atom stereocenters. The Balaban J connectivity index is -0.000000392. The van der Waals surface area contributed by atoms with Crippen LogP contribution in [0.25, 0.3) is 0 Å². The Bertz CT molecular complexity index is 363. The molecule has 0 amide bonds. The fourth-order valence-electron chi connectivity index (χ4n) is 0.294. The molecule has 0 aromatic carbocycles. The third-order valence-electron chi connectivity index (χ3n) is 0.976. The van der Waals surface area contributed by atoms with E-state index in [0.717, 1.165) is 0 Å². The van der Waals surface area contributed by atoms with Gasteiger partial charge in [-0.25, -0.2) is 17.2 Å². The number of rotatable bonds is 3. The molecular formula is C5H3F8LiO3S. The van der Waals surface area contributed by atoms with Crippen molar-refractivity contribution in [2.45, 2.75) is 17.6 Å². The second-order valence-corrected chi connectivity index (χ2v) is 3.65. The van der Waals surface area contributed by atoms with Crippen molar-refractivity contribution in [3.63, 3.8) is 0 Å². The quantitative estimate of drug-likeness (QED) is 0.398. The van der Waals surface area contributed by atoms with Gasteiger partial charge in [0.25, 0.3) is 6.08 Å². The minimum absolute atomic E-state index is 0. The molecule has 0 bridgehead atoms. The van der Waals surface area contributed by atoms with Gasteiger partial charge in [-0.1, -0.05) is 0 Å². The molecule has 18 heavy (non-hydrogen) atoms. The number of hydrogen-bond donors (Lipinski definition) is 0. The van der Waals surface area contributed by atoms with Crippen LogP contribution in [-0.4, -0.2) is 30.6 Å². The van der Waals surface area contributed by atoms with Crippen molar-refractivity contribution in [1.29, 1.82) is 0 Å². The van der Waals surface area contributed by atoms with Gasteiger partial charge in [0.1, 0.15) is 0 Å². The maximum atomic E-state index is 11.8. The summed E-state index contributed by atoms with van der Waals surface area (Å²) in [5.41, 5.74) is 0. The first-order valence-electron chi connectivity index (χ1n) is 3.17. The van der Waals surface area contributed by atoms with E-state index in [1.165, 1.54) is 0 Å². The first kappa shape index (κ1) is 22.8. The Morgan fingerprint density at radius 3 is 1.39 bits per heavy atom. The molecule has 104 valence electrons. The second kappa shape index (κ2) is 7.32. The van der Waals surface area contributed by atoms with Crippen molar-refractivity contribution in [1.82, 2.24) is 0 Å². The molecule has 0 N–H and O–H groups in total. The summed E-state index contributed by atoms with van der Waals surface area (Å²) < 4.78 is 118. The molecule has 0 aliphatic heterocycles. The van der Waals surface area contributed by atoms with Gasteiger partial charge in [-0.05, 0) is 6.58 Å². The summed E-state index contributed by atoms with van der Waals surface area (Å²) in [7, 11) is -6.82. The Morgan fingerprint density at radius 1 is 1.11 bits per heavy atom. The smallest absolute Gasteiger partial charge is 0.743 e. The average molecular weight is 302 g/mol. The van der Waals surface area contributed by atoms with Crippen LogP contribution in [0, 0.1) is 0 Å². The third-order valence-corrected chi connectivity index (χ3v) is 1.88. The van der Waals surface area contributed by atoms with Crippen molar-refractivity contribution in [3.05, 3.63) is 12.7 Å². The molecule has 0 heterocycles. The minimum atomic E-state index is -6.82. The summed E-state index contributed by atoms with van der Waals surface area (Å²) in [5.74, 6) is -6.19. The minimum Gasteiger partial charge on any atom is -0.743 e. The molecule has 0 atom stereocenters. The van der Waals surface area contributed by atoms with Crippen LogP contribution in [-0.2, 0) is 10.1 Å². The molecule has 0 saturated carbocycles. The monoisotopic (exact) mass is 302 g/mol. The molecule has 0 rings (SSSR count). The molecular weight excluding hydrogens is 299 g/mol. The molecule has 0 aliphatic rings. The van der Waals surface area contributed by atoms with Crippen LogP contribution in [0.3, 0.4) is 0 Å². The molecule has 13 heteroatoms. The van der Waals surface area contributed by atoms with E-state index in [0.29, 0.717) is 0 Å². The van der Waals surface area contributed by atoms with E-state index in [2.05, 4.69) is 6.58 Å². The summed E-state index contributed by atoms with van der Waals surface area (Å²) in [4.78, 5) is 0. The Morgan fingerprint density at radius 2 is 1.33 bits per heavy atom. The average Bonchev–Trinajstić information content (AvgIpc) is 1.99. The van der Waals surface area contributed by atoms with E-state index < -0.39 is 33.8 Å². The van der Waals surface area contributed by atoms with Gasteiger partial charge < -0.3 is 4.55 Å². The summed E-state index contributed by atoms with van der Waals surface area (Å²) in [6.07, 6.45) is -6.77. The standard InChI is InChI=1S/C3H2F6O3S.C2H2F2.Li/c4-1(5)2(6,7)3(8,9)13(10,11)12;1-2(3)4;/h1H,(H,10,11,12);1H2;/q;;+1/p-1. The maximum Gasteiger partial charge on any atom is 1.00 e. The third kappa shape index (κ3) is 6.03. The summed E-state index contributed by atoms with van der Waals surface area (Å²) >= 11 is 0. The number of halogens is 8. The SMILES string of the molecule is C=C(F)F.O=S(=O)([O-])C(F)(F)C(F)(F)C(F)F.[Li+]. The molecule has 0 spiro atoms. The molecule has 0 aliphatic carbocycles.